The van der Waals surface area contributed by atoms with E-state index in [-0.39, 0.29) is 10.5 Å². The van der Waals surface area contributed by atoms with Crippen molar-refractivity contribution in [3.05, 3.63) is 53.4 Å². The van der Waals surface area contributed by atoms with Gasteiger partial charge in [-0.1, -0.05) is 29.8 Å². The van der Waals surface area contributed by atoms with E-state index in [1.54, 1.807) is 25.3 Å². The van der Waals surface area contributed by atoms with E-state index in [9.17, 15) is 4.39 Å². The lowest BCUT2D eigenvalue weighted by Crippen LogP contribution is -1.94. The van der Waals surface area contributed by atoms with Gasteiger partial charge in [-0.2, -0.15) is 0 Å². The Hall–Kier alpha value is -2.20. The van der Waals surface area contributed by atoms with Crippen molar-refractivity contribution < 1.29 is 9.13 Å². The molecule has 0 saturated carbocycles. The van der Waals surface area contributed by atoms with Gasteiger partial charge in [0.25, 0.3) is 0 Å². The SMILES string of the molecule is COc1cccc(-c2nc(Cl)c3c(F)cccc3n2)c1. The van der Waals surface area contributed by atoms with Crippen LogP contribution in [0.3, 0.4) is 0 Å². The number of rotatable bonds is 2. The molecule has 0 amide bonds. The molecule has 0 atom stereocenters. The summed E-state index contributed by atoms with van der Waals surface area (Å²) in [5.74, 6) is 0.707. The molecule has 0 bridgehead atoms. The third-order valence-electron chi connectivity index (χ3n) is 2.96. The zero-order valence-corrected chi connectivity index (χ0v) is 11.4. The molecule has 2 aromatic carbocycles. The maximum absolute atomic E-state index is 13.7. The zero-order valence-electron chi connectivity index (χ0n) is 10.6. The minimum atomic E-state index is -0.426. The second-order valence-corrected chi connectivity index (χ2v) is 4.56. The number of ether oxygens (including phenoxy) is 1. The van der Waals surface area contributed by atoms with E-state index in [4.69, 9.17) is 16.3 Å². The largest absolute Gasteiger partial charge is 0.497 e. The summed E-state index contributed by atoms with van der Waals surface area (Å²) in [6.45, 7) is 0. The number of aromatic nitrogens is 2. The molecule has 3 aromatic rings. The molecule has 0 fully saturated rings. The zero-order chi connectivity index (χ0) is 14.1. The van der Waals surface area contributed by atoms with Crippen LogP contribution in [0.25, 0.3) is 22.3 Å². The fraction of sp³-hybridized carbons (Fsp3) is 0.0667. The highest BCUT2D eigenvalue weighted by Gasteiger charge is 2.11. The van der Waals surface area contributed by atoms with E-state index in [1.807, 2.05) is 18.2 Å². The predicted octanol–water partition coefficient (Wildman–Crippen LogP) is 4.10. The topological polar surface area (TPSA) is 35.0 Å². The van der Waals surface area contributed by atoms with Crippen molar-refractivity contribution in [3.63, 3.8) is 0 Å². The first-order valence-electron chi connectivity index (χ1n) is 5.95. The molecule has 0 aliphatic carbocycles. The lowest BCUT2D eigenvalue weighted by Gasteiger charge is -2.06. The summed E-state index contributed by atoms with van der Waals surface area (Å²) < 4.78 is 18.9. The molecule has 20 heavy (non-hydrogen) atoms. The predicted molar refractivity (Wildman–Crippen MR) is 76.5 cm³/mol. The van der Waals surface area contributed by atoms with Gasteiger partial charge in [-0.15, -0.1) is 0 Å². The van der Waals surface area contributed by atoms with Crippen LogP contribution in [0.4, 0.5) is 4.39 Å². The van der Waals surface area contributed by atoms with E-state index in [1.165, 1.54) is 6.07 Å². The van der Waals surface area contributed by atoms with Crippen LogP contribution < -0.4 is 4.74 Å². The van der Waals surface area contributed by atoms with Gasteiger partial charge >= 0.3 is 0 Å². The molecule has 0 spiro atoms. The van der Waals surface area contributed by atoms with Gasteiger partial charge in [-0.3, -0.25) is 0 Å². The summed E-state index contributed by atoms with van der Waals surface area (Å²) in [4.78, 5) is 8.52. The minimum absolute atomic E-state index is 0.103. The molecule has 3 rings (SSSR count). The Bertz CT molecular complexity index is 792. The maximum Gasteiger partial charge on any atom is 0.161 e. The van der Waals surface area contributed by atoms with Gasteiger partial charge in [-0.25, -0.2) is 14.4 Å². The highest BCUT2D eigenvalue weighted by Crippen LogP contribution is 2.28. The van der Waals surface area contributed by atoms with Crippen molar-refractivity contribution in [3.8, 4) is 17.1 Å². The highest BCUT2D eigenvalue weighted by atomic mass is 35.5. The molecule has 0 unspecified atom stereocenters. The van der Waals surface area contributed by atoms with Gasteiger partial charge in [0.05, 0.1) is 18.0 Å². The highest BCUT2D eigenvalue weighted by molar-refractivity contribution is 6.34. The van der Waals surface area contributed by atoms with Crippen molar-refractivity contribution in [1.82, 2.24) is 9.97 Å². The molecule has 0 N–H and O–H groups in total. The number of hydrogen-bond donors (Lipinski definition) is 0. The second-order valence-electron chi connectivity index (χ2n) is 4.20. The lowest BCUT2D eigenvalue weighted by molar-refractivity contribution is 0.415. The van der Waals surface area contributed by atoms with Crippen LogP contribution in [0.1, 0.15) is 0 Å². The van der Waals surface area contributed by atoms with E-state index in [0.717, 1.165) is 5.56 Å². The molecule has 0 aliphatic rings. The summed E-state index contributed by atoms with van der Waals surface area (Å²) in [5.41, 5.74) is 1.24. The summed E-state index contributed by atoms with van der Waals surface area (Å²) in [7, 11) is 1.59. The van der Waals surface area contributed by atoms with E-state index < -0.39 is 5.82 Å². The van der Waals surface area contributed by atoms with Gasteiger partial charge in [-0.05, 0) is 24.3 Å². The molecule has 0 aliphatic heterocycles. The number of halogens is 2. The van der Waals surface area contributed by atoms with Crippen molar-refractivity contribution in [2.45, 2.75) is 0 Å². The summed E-state index contributed by atoms with van der Waals surface area (Å²) in [6.07, 6.45) is 0. The third kappa shape index (κ3) is 2.18. The number of benzene rings is 2. The molecular weight excluding hydrogens is 279 g/mol. The van der Waals surface area contributed by atoms with Crippen molar-refractivity contribution in [1.29, 1.82) is 0 Å². The van der Waals surface area contributed by atoms with Crippen LogP contribution in [0.5, 0.6) is 5.75 Å². The van der Waals surface area contributed by atoms with Crippen LogP contribution in [0.2, 0.25) is 5.15 Å². The average molecular weight is 289 g/mol. The first-order chi connectivity index (χ1) is 9.69. The number of fused-ring (bicyclic) bond motifs is 1. The van der Waals surface area contributed by atoms with Crippen LogP contribution in [-0.4, -0.2) is 17.1 Å². The Balaban J connectivity index is 2.22. The van der Waals surface area contributed by atoms with Crippen LogP contribution in [0.15, 0.2) is 42.5 Å². The normalized spacial score (nSPS) is 10.8. The van der Waals surface area contributed by atoms with Gasteiger partial charge < -0.3 is 4.74 Å². The molecule has 3 nitrogen and oxygen atoms in total. The van der Waals surface area contributed by atoms with Gasteiger partial charge in [0, 0.05) is 5.56 Å². The summed E-state index contributed by atoms with van der Waals surface area (Å²) in [5, 5.41) is 0.340. The molecule has 0 radical (unpaired) electrons. The number of hydrogen-bond acceptors (Lipinski definition) is 3. The molecule has 100 valence electrons. The molecule has 5 heteroatoms. The third-order valence-corrected chi connectivity index (χ3v) is 3.23. The van der Waals surface area contributed by atoms with Crippen molar-refractivity contribution >= 4 is 22.5 Å². The Morgan fingerprint density at radius 3 is 2.70 bits per heavy atom. The van der Waals surface area contributed by atoms with E-state index in [0.29, 0.717) is 17.1 Å². The Kier molecular flexibility index (Phi) is 3.24. The monoisotopic (exact) mass is 288 g/mol. The van der Waals surface area contributed by atoms with Gasteiger partial charge in [0.15, 0.2) is 5.82 Å². The van der Waals surface area contributed by atoms with Crippen LogP contribution in [-0.2, 0) is 0 Å². The Morgan fingerprint density at radius 2 is 1.90 bits per heavy atom. The summed E-state index contributed by atoms with van der Waals surface area (Å²) >= 11 is 6.07. The minimum Gasteiger partial charge on any atom is -0.497 e. The summed E-state index contributed by atoms with van der Waals surface area (Å²) in [6, 6.07) is 11.9. The smallest absolute Gasteiger partial charge is 0.161 e. The van der Waals surface area contributed by atoms with Gasteiger partial charge in [0.1, 0.15) is 16.7 Å². The maximum atomic E-state index is 13.7. The first kappa shape index (κ1) is 12.8. The number of nitrogens with zero attached hydrogens (tertiary/aromatic N) is 2. The quantitative estimate of drug-likeness (QED) is 0.666. The Labute approximate surface area is 120 Å². The molecule has 1 aromatic heterocycles. The molecule has 1 heterocycles. The fourth-order valence-corrected chi connectivity index (χ4v) is 2.26. The lowest BCUT2D eigenvalue weighted by atomic mass is 10.2. The first-order valence-corrected chi connectivity index (χ1v) is 6.33. The van der Waals surface area contributed by atoms with Crippen LogP contribution in [0, 0.1) is 5.82 Å². The molecule has 0 saturated heterocycles. The van der Waals surface area contributed by atoms with E-state index in [2.05, 4.69) is 9.97 Å². The standard InChI is InChI=1S/C15H10ClFN2O/c1-20-10-5-2-4-9(8-10)15-18-12-7-3-6-11(17)13(12)14(16)19-15/h2-8H,1H3. The second kappa shape index (κ2) is 5.06. The molecular formula is C15H10ClFN2O. The van der Waals surface area contributed by atoms with Crippen LogP contribution >= 0.6 is 11.6 Å². The van der Waals surface area contributed by atoms with Crippen molar-refractivity contribution in [2.24, 2.45) is 0 Å². The number of methoxy groups -OCH3 is 1. The Morgan fingerprint density at radius 1 is 1.10 bits per heavy atom. The van der Waals surface area contributed by atoms with E-state index >= 15 is 0 Å². The van der Waals surface area contributed by atoms with Crippen molar-refractivity contribution in [2.75, 3.05) is 7.11 Å². The fourth-order valence-electron chi connectivity index (χ4n) is 1.99. The van der Waals surface area contributed by atoms with Gasteiger partial charge in [0.2, 0.25) is 0 Å². The average Bonchev–Trinajstić information content (AvgIpc) is 2.47.